The highest BCUT2D eigenvalue weighted by Gasteiger charge is 2.15. The SMILES string of the molecule is CCc1ccccc1NC1CCOC1. The number of benzene rings is 1. The molecular weight excluding hydrogens is 174 g/mol. The summed E-state index contributed by atoms with van der Waals surface area (Å²) in [6, 6.07) is 9.00. The van der Waals surface area contributed by atoms with Crippen molar-refractivity contribution in [2.24, 2.45) is 0 Å². The first kappa shape index (κ1) is 9.53. The first-order chi connectivity index (χ1) is 6.90. The normalized spacial score (nSPS) is 21.1. The standard InChI is InChI=1S/C12H17NO/c1-2-10-5-3-4-6-12(10)13-11-7-8-14-9-11/h3-6,11,13H,2,7-9H2,1H3. The maximum absolute atomic E-state index is 5.34. The summed E-state index contributed by atoms with van der Waals surface area (Å²) in [5.74, 6) is 0. The van der Waals surface area contributed by atoms with Gasteiger partial charge < -0.3 is 10.1 Å². The van der Waals surface area contributed by atoms with E-state index in [4.69, 9.17) is 4.74 Å². The molecule has 0 radical (unpaired) electrons. The van der Waals surface area contributed by atoms with Crippen LogP contribution in [0, 0.1) is 0 Å². The molecule has 1 aliphatic rings. The average molecular weight is 191 g/mol. The molecule has 0 aromatic heterocycles. The van der Waals surface area contributed by atoms with Crippen LogP contribution in [0.5, 0.6) is 0 Å². The highest BCUT2D eigenvalue weighted by molar-refractivity contribution is 5.51. The number of nitrogens with one attached hydrogen (secondary N) is 1. The number of para-hydroxylation sites is 1. The largest absolute Gasteiger partial charge is 0.380 e. The Balaban J connectivity index is 2.07. The Bertz CT molecular complexity index is 292. The molecule has 1 aliphatic heterocycles. The average Bonchev–Trinajstić information content (AvgIpc) is 2.71. The third kappa shape index (κ3) is 2.07. The molecule has 0 saturated carbocycles. The lowest BCUT2D eigenvalue weighted by Gasteiger charge is -2.15. The van der Waals surface area contributed by atoms with E-state index in [1.54, 1.807) is 0 Å². The van der Waals surface area contributed by atoms with Gasteiger partial charge in [0.15, 0.2) is 0 Å². The molecule has 76 valence electrons. The van der Waals surface area contributed by atoms with Crippen molar-refractivity contribution >= 4 is 5.69 Å². The van der Waals surface area contributed by atoms with Crippen molar-refractivity contribution in [3.63, 3.8) is 0 Å². The number of anilines is 1. The summed E-state index contributed by atoms with van der Waals surface area (Å²) in [6.07, 6.45) is 2.20. The predicted octanol–water partition coefficient (Wildman–Crippen LogP) is 2.45. The minimum Gasteiger partial charge on any atom is -0.380 e. The lowest BCUT2D eigenvalue weighted by Crippen LogP contribution is -2.19. The molecule has 2 rings (SSSR count). The molecule has 14 heavy (non-hydrogen) atoms. The molecule has 1 N–H and O–H groups in total. The van der Waals surface area contributed by atoms with E-state index in [0.29, 0.717) is 6.04 Å². The number of aryl methyl sites for hydroxylation is 1. The zero-order chi connectivity index (χ0) is 9.80. The lowest BCUT2D eigenvalue weighted by atomic mass is 10.1. The van der Waals surface area contributed by atoms with Gasteiger partial charge >= 0.3 is 0 Å². The van der Waals surface area contributed by atoms with Crippen LogP contribution in [0.1, 0.15) is 18.9 Å². The summed E-state index contributed by atoms with van der Waals surface area (Å²) < 4.78 is 5.34. The third-order valence-corrected chi connectivity index (χ3v) is 2.69. The lowest BCUT2D eigenvalue weighted by molar-refractivity contribution is 0.195. The zero-order valence-corrected chi connectivity index (χ0v) is 8.62. The summed E-state index contributed by atoms with van der Waals surface area (Å²) in [4.78, 5) is 0. The molecule has 2 nitrogen and oxygen atoms in total. The minimum atomic E-state index is 0.502. The molecule has 0 aliphatic carbocycles. The molecule has 1 atom stereocenters. The number of hydrogen-bond donors (Lipinski definition) is 1. The first-order valence-corrected chi connectivity index (χ1v) is 5.32. The Kier molecular flexibility index (Phi) is 3.04. The van der Waals surface area contributed by atoms with Gasteiger partial charge in [-0.2, -0.15) is 0 Å². The molecule has 0 bridgehead atoms. The van der Waals surface area contributed by atoms with Crippen molar-refractivity contribution < 1.29 is 4.74 Å². The monoisotopic (exact) mass is 191 g/mol. The van der Waals surface area contributed by atoms with E-state index in [1.807, 2.05) is 0 Å². The van der Waals surface area contributed by atoms with Crippen molar-refractivity contribution in [3.8, 4) is 0 Å². The van der Waals surface area contributed by atoms with E-state index in [9.17, 15) is 0 Å². The molecule has 1 aromatic rings. The summed E-state index contributed by atoms with van der Waals surface area (Å²) in [6.45, 7) is 3.93. The van der Waals surface area contributed by atoms with Crippen LogP contribution in [0.4, 0.5) is 5.69 Å². The highest BCUT2D eigenvalue weighted by atomic mass is 16.5. The fraction of sp³-hybridized carbons (Fsp3) is 0.500. The second kappa shape index (κ2) is 4.47. The number of ether oxygens (including phenoxy) is 1. The van der Waals surface area contributed by atoms with Crippen LogP contribution in [0.2, 0.25) is 0 Å². The van der Waals surface area contributed by atoms with Gasteiger partial charge in [-0.15, -0.1) is 0 Å². The Labute approximate surface area is 85.3 Å². The van der Waals surface area contributed by atoms with E-state index in [1.165, 1.54) is 11.3 Å². The molecule has 1 saturated heterocycles. The van der Waals surface area contributed by atoms with E-state index < -0.39 is 0 Å². The second-order valence-electron chi connectivity index (χ2n) is 3.72. The molecule has 1 aromatic carbocycles. The van der Waals surface area contributed by atoms with Crippen molar-refractivity contribution in [1.29, 1.82) is 0 Å². The van der Waals surface area contributed by atoms with E-state index in [0.717, 1.165) is 26.1 Å². The van der Waals surface area contributed by atoms with Crippen LogP contribution in [0.3, 0.4) is 0 Å². The molecule has 1 unspecified atom stereocenters. The van der Waals surface area contributed by atoms with Gasteiger partial charge in [-0.1, -0.05) is 25.1 Å². The van der Waals surface area contributed by atoms with E-state index >= 15 is 0 Å². The number of rotatable bonds is 3. The molecule has 1 heterocycles. The van der Waals surface area contributed by atoms with Gasteiger partial charge in [0.1, 0.15) is 0 Å². The van der Waals surface area contributed by atoms with Crippen molar-refractivity contribution in [1.82, 2.24) is 0 Å². The van der Waals surface area contributed by atoms with E-state index in [2.05, 4.69) is 36.5 Å². The fourth-order valence-electron chi connectivity index (χ4n) is 1.84. The molecule has 0 spiro atoms. The fourth-order valence-corrected chi connectivity index (χ4v) is 1.84. The van der Waals surface area contributed by atoms with Gasteiger partial charge in [-0.25, -0.2) is 0 Å². The summed E-state index contributed by atoms with van der Waals surface area (Å²) in [7, 11) is 0. The quantitative estimate of drug-likeness (QED) is 0.792. The molecule has 2 heteroatoms. The van der Waals surface area contributed by atoms with Crippen LogP contribution >= 0.6 is 0 Å². The van der Waals surface area contributed by atoms with Crippen LogP contribution in [0.15, 0.2) is 24.3 Å². The van der Waals surface area contributed by atoms with Gasteiger partial charge in [-0.05, 0) is 24.5 Å². The summed E-state index contributed by atoms with van der Waals surface area (Å²) in [5, 5.41) is 3.54. The third-order valence-electron chi connectivity index (χ3n) is 2.69. The molecule has 1 fully saturated rings. The van der Waals surface area contributed by atoms with Crippen LogP contribution < -0.4 is 5.32 Å². The van der Waals surface area contributed by atoms with Gasteiger partial charge in [0.05, 0.1) is 12.6 Å². The Hall–Kier alpha value is -1.02. The van der Waals surface area contributed by atoms with Gasteiger partial charge in [0.25, 0.3) is 0 Å². The number of hydrogen-bond acceptors (Lipinski definition) is 2. The summed E-state index contributed by atoms with van der Waals surface area (Å²) in [5.41, 5.74) is 2.66. The maximum Gasteiger partial charge on any atom is 0.0668 e. The zero-order valence-electron chi connectivity index (χ0n) is 8.62. The summed E-state index contributed by atoms with van der Waals surface area (Å²) >= 11 is 0. The van der Waals surface area contributed by atoms with Gasteiger partial charge in [-0.3, -0.25) is 0 Å². The van der Waals surface area contributed by atoms with E-state index in [-0.39, 0.29) is 0 Å². The maximum atomic E-state index is 5.34. The van der Waals surface area contributed by atoms with Crippen molar-refractivity contribution in [2.45, 2.75) is 25.8 Å². The highest BCUT2D eigenvalue weighted by Crippen LogP contribution is 2.18. The molecule has 0 amide bonds. The Morgan fingerprint density at radius 3 is 3.00 bits per heavy atom. The smallest absolute Gasteiger partial charge is 0.0668 e. The van der Waals surface area contributed by atoms with Crippen molar-refractivity contribution in [2.75, 3.05) is 18.5 Å². The van der Waals surface area contributed by atoms with Crippen LogP contribution in [-0.2, 0) is 11.2 Å². The first-order valence-electron chi connectivity index (χ1n) is 5.32. The Morgan fingerprint density at radius 1 is 1.43 bits per heavy atom. The van der Waals surface area contributed by atoms with Crippen molar-refractivity contribution in [3.05, 3.63) is 29.8 Å². The van der Waals surface area contributed by atoms with Gasteiger partial charge in [0, 0.05) is 12.3 Å². The van der Waals surface area contributed by atoms with Crippen LogP contribution in [0.25, 0.3) is 0 Å². The van der Waals surface area contributed by atoms with Crippen LogP contribution in [-0.4, -0.2) is 19.3 Å². The topological polar surface area (TPSA) is 21.3 Å². The second-order valence-corrected chi connectivity index (χ2v) is 3.72. The predicted molar refractivity (Wildman–Crippen MR) is 58.7 cm³/mol. The molecular formula is C12H17NO. The minimum absolute atomic E-state index is 0.502. The Morgan fingerprint density at radius 2 is 2.29 bits per heavy atom. The van der Waals surface area contributed by atoms with Gasteiger partial charge in [0.2, 0.25) is 0 Å².